The Balaban J connectivity index is 4.07. The van der Waals surface area contributed by atoms with Gasteiger partial charge < -0.3 is 10.8 Å². The first-order chi connectivity index (χ1) is 4.95. The number of aliphatic carboxylic acids is 1. The van der Waals surface area contributed by atoms with Crippen LogP contribution in [0, 0.1) is 0 Å². The summed E-state index contributed by atoms with van der Waals surface area (Å²) < 4.78 is 0. The summed E-state index contributed by atoms with van der Waals surface area (Å²) in [6.07, 6.45) is -0.523. The molecule has 0 aromatic rings. The number of Topliss-reactive ketones (excluding diaryl/α,β-unsaturated/α-hetero) is 1. The fourth-order valence-electron chi connectivity index (χ4n) is 0.357. The summed E-state index contributed by atoms with van der Waals surface area (Å²) in [5, 5.41) is 8.21. The number of nitrogens with two attached hydrogens (primary N) is 1. The summed E-state index contributed by atoms with van der Waals surface area (Å²) in [4.78, 5) is 30.6. The van der Waals surface area contributed by atoms with Crippen molar-refractivity contribution in [3.05, 3.63) is 12.2 Å². The molecule has 0 aliphatic rings. The predicted octanol–water partition coefficient (Wildman–Crippen LogP) is -0.928. The van der Waals surface area contributed by atoms with Gasteiger partial charge in [-0.3, -0.25) is 9.59 Å². The zero-order valence-electron chi connectivity index (χ0n) is 5.66. The SMILES string of the molecule is C=C(CC(=O)C(N)=O)C(=O)O. The van der Waals surface area contributed by atoms with Gasteiger partial charge in [0.15, 0.2) is 0 Å². The number of carboxylic acids is 1. The van der Waals surface area contributed by atoms with E-state index in [1.54, 1.807) is 0 Å². The van der Waals surface area contributed by atoms with E-state index in [1.807, 2.05) is 0 Å². The van der Waals surface area contributed by atoms with Crippen LogP contribution >= 0.6 is 0 Å². The second-order valence-corrected chi connectivity index (χ2v) is 1.87. The van der Waals surface area contributed by atoms with Crippen LogP contribution in [0.2, 0.25) is 0 Å². The van der Waals surface area contributed by atoms with Crippen LogP contribution in [0.4, 0.5) is 0 Å². The fourth-order valence-corrected chi connectivity index (χ4v) is 0.357. The van der Waals surface area contributed by atoms with Crippen LogP contribution in [0.5, 0.6) is 0 Å². The Kier molecular flexibility index (Phi) is 2.98. The molecule has 0 aliphatic carbocycles. The molecule has 1 amide bonds. The predicted molar refractivity (Wildman–Crippen MR) is 35.6 cm³/mol. The highest BCUT2D eigenvalue weighted by molar-refractivity contribution is 6.36. The van der Waals surface area contributed by atoms with Gasteiger partial charge in [0.05, 0.1) is 0 Å². The minimum Gasteiger partial charge on any atom is -0.478 e. The van der Waals surface area contributed by atoms with E-state index in [0.29, 0.717) is 0 Å². The first-order valence-corrected chi connectivity index (χ1v) is 2.69. The molecule has 0 rings (SSSR count). The number of ketones is 1. The lowest BCUT2D eigenvalue weighted by atomic mass is 10.1. The molecule has 0 unspecified atom stereocenters. The summed E-state index contributed by atoms with van der Waals surface area (Å²) in [6, 6.07) is 0. The molecule has 11 heavy (non-hydrogen) atoms. The Morgan fingerprint density at radius 1 is 1.36 bits per heavy atom. The molecular formula is C6H7NO4. The first kappa shape index (κ1) is 9.35. The summed E-state index contributed by atoms with van der Waals surface area (Å²) >= 11 is 0. The smallest absolute Gasteiger partial charge is 0.331 e. The third-order valence-corrected chi connectivity index (χ3v) is 0.951. The van der Waals surface area contributed by atoms with E-state index >= 15 is 0 Å². The standard InChI is InChI=1S/C6H7NO4/c1-3(6(10)11)2-4(8)5(7)9/h1-2H2,(H2,7,9)(H,10,11). The van der Waals surface area contributed by atoms with Gasteiger partial charge in [0.25, 0.3) is 5.91 Å². The molecular weight excluding hydrogens is 150 g/mol. The highest BCUT2D eigenvalue weighted by Gasteiger charge is 2.14. The molecule has 5 heteroatoms. The average molecular weight is 157 g/mol. The number of primary amides is 1. The minimum atomic E-state index is -1.31. The largest absolute Gasteiger partial charge is 0.478 e. The number of amides is 1. The van der Waals surface area contributed by atoms with Crippen LogP contribution in [-0.2, 0) is 14.4 Å². The van der Waals surface area contributed by atoms with Gasteiger partial charge in [-0.25, -0.2) is 4.79 Å². The maximum Gasteiger partial charge on any atom is 0.331 e. The van der Waals surface area contributed by atoms with E-state index in [1.165, 1.54) is 0 Å². The molecule has 0 heterocycles. The molecule has 0 aromatic heterocycles. The Morgan fingerprint density at radius 3 is 2.09 bits per heavy atom. The number of hydrogen-bond acceptors (Lipinski definition) is 3. The van der Waals surface area contributed by atoms with E-state index in [2.05, 4.69) is 12.3 Å². The monoisotopic (exact) mass is 157 g/mol. The number of carbonyl (C=O) groups is 3. The Bertz CT molecular complexity index is 207. The zero-order valence-corrected chi connectivity index (χ0v) is 5.66. The third kappa shape index (κ3) is 3.14. The Labute approximate surface area is 62.5 Å². The van der Waals surface area contributed by atoms with Gasteiger partial charge in [-0.15, -0.1) is 0 Å². The number of carboxylic acid groups (broad SMARTS) is 1. The van der Waals surface area contributed by atoms with Crippen LogP contribution in [0.1, 0.15) is 6.42 Å². The van der Waals surface area contributed by atoms with Crippen LogP contribution in [-0.4, -0.2) is 22.8 Å². The summed E-state index contributed by atoms with van der Waals surface area (Å²) in [7, 11) is 0. The van der Waals surface area contributed by atoms with Gasteiger partial charge in [-0.05, 0) is 0 Å². The molecule has 0 bridgehead atoms. The number of carbonyl (C=O) groups excluding carboxylic acids is 2. The van der Waals surface area contributed by atoms with Gasteiger partial charge >= 0.3 is 5.97 Å². The van der Waals surface area contributed by atoms with Crippen molar-refractivity contribution in [2.75, 3.05) is 0 Å². The fraction of sp³-hybridized carbons (Fsp3) is 0.167. The van der Waals surface area contributed by atoms with Gasteiger partial charge in [0.1, 0.15) is 0 Å². The zero-order chi connectivity index (χ0) is 9.02. The second kappa shape index (κ2) is 3.50. The highest BCUT2D eigenvalue weighted by Crippen LogP contribution is 1.97. The van der Waals surface area contributed by atoms with E-state index in [4.69, 9.17) is 5.11 Å². The normalized spacial score (nSPS) is 8.73. The number of hydrogen-bond donors (Lipinski definition) is 2. The van der Waals surface area contributed by atoms with Crippen molar-refractivity contribution in [3.8, 4) is 0 Å². The lowest BCUT2D eigenvalue weighted by Crippen LogP contribution is -2.24. The Morgan fingerprint density at radius 2 is 1.82 bits per heavy atom. The molecule has 0 spiro atoms. The third-order valence-electron chi connectivity index (χ3n) is 0.951. The topological polar surface area (TPSA) is 97.5 Å². The van der Waals surface area contributed by atoms with Crippen molar-refractivity contribution in [1.82, 2.24) is 0 Å². The van der Waals surface area contributed by atoms with Crippen molar-refractivity contribution in [2.24, 2.45) is 5.73 Å². The van der Waals surface area contributed by atoms with E-state index < -0.39 is 24.1 Å². The maximum absolute atomic E-state index is 10.5. The molecule has 0 fully saturated rings. The summed E-state index contributed by atoms with van der Waals surface area (Å²) in [5.41, 5.74) is 4.22. The first-order valence-electron chi connectivity index (χ1n) is 2.69. The maximum atomic E-state index is 10.5. The molecule has 0 atom stereocenters. The number of rotatable bonds is 4. The van der Waals surface area contributed by atoms with E-state index in [9.17, 15) is 14.4 Å². The van der Waals surface area contributed by atoms with Crippen molar-refractivity contribution in [1.29, 1.82) is 0 Å². The molecule has 0 radical (unpaired) electrons. The lowest BCUT2D eigenvalue weighted by Gasteiger charge is -1.94. The van der Waals surface area contributed by atoms with Crippen molar-refractivity contribution >= 4 is 17.7 Å². The molecule has 60 valence electrons. The quantitative estimate of drug-likeness (QED) is 0.407. The van der Waals surface area contributed by atoms with Crippen LogP contribution < -0.4 is 5.73 Å². The van der Waals surface area contributed by atoms with E-state index in [0.717, 1.165) is 0 Å². The minimum absolute atomic E-state index is 0.339. The van der Waals surface area contributed by atoms with Crippen molar-refractivity contribution in [2.45, 2.75) is 6.42 Å². The van der Waals surface area contributed by atoms with E-state index in [-0.39, 0.29) is 5.57 Å². The van der Waals surface area contributed by atoms with Crippen LogP contribution in [0.25, 0.3) is 0 Å². The second-order valence-electron chi connectivity index (χ2n) is 1.87. The molecule has 0 saturated heterocycles. The van der Waals surface area contributed by atoms with Gasteiger partial charge in [-0.1, -0.05) is 6.58 Å². The molecule has 0 aromatic carbocycles. The summed E-state index contributed by atoms with van der Waals surface area (Å²) in [5.74, 6) is -3.40. The molecule has 5 nitrogen and oxygen atoms in total. The molecule has 0 aliphatic heterocycles. The van der Waals surface area contributed by atoms with Crippen molar-refractivity contribution < 1.29 is 19.5 Å². The highest BCUT2D eigenvalue weighted by atomic mass is 16.4. The van der Waals surface area contributed by atoms with Gasteiger partial charge in [0.2, 0.25) is 5.78 Å². The van der Waals surface area contributed by atoms with Gasteiger partial charge in [-0.2, -0.15) is 0 Å². The Hall–Kier alpha value is -1.65. The van der Waals surface area contributed by atoms with Crippen LogP contribution in [0.3, 0.4) is 0 Å². The summed E-state index contributed by atoms with van der Waals surface area (Å²) in [6.45, 7) is 3.05. The van der Waals surface area contributed by atoms with Crippen LogP contribution in [0.15, 0.2) is 12.2 Å². The van der Waals surface area contributed by atoms with Crippen molar-refractivity contribution in [3.63, 3.8) is 0 Å². The molecule has 3 N–H and O–H groups in total. The lowest BCUT2D eigenvalue weighted by molar-refractivity contribution is -0.137. The average Bonchev–Trinajstić information content (AvgIpc) is 1.87. The van der Waals surface area contributed by atoms with Gasteiger partial charge in [0, 0.05) is 12.0 Å². The molecule has 0 saturated carbocycles.